The van der Waals surface area contributed by atoms with Crippen LogP contribution in [0.15, 0.2) is 18.2 Å². The normalized spacial score (nSPS) is 19.7. The number of nitrogens with two attached hydrogens (primary N) is 1. The molecule has 104 valence electrons. The highest BCUT2D eigenvalue weighted by molar-refractivity contribution is 5.59. The predicted octanol–water partition coefficient (Wildman–Crippen LogP) is 2.80. The number of hydrogen-bond donors (Lipinski definition) is 1. The van der Waals surface area contributed by atoms with Gasteiger partial charge in [0.1, 0.15) is 5.69 Å². The van der Waals surface area contributed by atoms with Crippen molar-refractivity contribution in [3.8, 4) is 0 Å². The first kappa shape index (κ1) is 13.8. The summed E-state index contributed by atoms with van der Waals surface area (Å²) in [6.07, 6.45) is 3.79. The minimum Gasteiger partial charge on any atom is -0.393 e. The number of nitrogen functional groups attached to an aromatic ring is 1. The summed E-state index contributed by atoms with van der Waals surface area (Å²) >= 11 is 0. The molecule has 5 nitrogen and oxygen atoms in total. The second kappa shape index (κ2) is 6.02. The Morgan fingerprint density at radius 2 is 2.32 bits per heavy atom. The lowest BCUT2D eigenvalue weighted by Crippen LogP contribution is -2.20. The predicted molar refractivity (Wildman–Crippen MR) is 75.8 cm³/mol. The molecule has 1 aromatic rings. The fraction of sp³-hybridized carbons (Fsp3) is 0.571. The van der Waals surface area contributed by atoms with E-state index in [0.29, 0.717) is 0 Å². The smallest absolute Gasteiger partial charge is 0.292 e. The first-order chi connectivity index (χ1) is 9.10. The summed E-state index contributed by atoms with van der Waals surface area (Å²) in [5.41, 5.74) is 7.02. The van der Waals surface area contributed by atoms with E-state index in [2.05, 4.69) is 11.8 Å². The van der Waals surface area contributed by atoms with Crippen molar-refractivity contribution in [2.75, 3.05) is 18.8 Å². The summed E-state index contributed by atoms with van der Waals surface area (Å²) in [4.78, 5) is 12.7. The van der Waals surface area contributed by atoms with Gasteiger partial charge in [0, 0.05) is 19.2 Å². The van der Waals surface area contributed by atoms with Gasteiger partial charge in [0.15, 0.2) is 0 Å². The molecule has 1 aromatic carbocycles. The summed E-state index contributed by atoms with van der Waals surface area (Å²) in [5, 5.41) is 10.7. The maximum atomic E-state index is 10.7. The van der Waals surface area contributed by atoms with E-state index in [9.17, 15) is 10.1 Å². The maximum absolute atomic E-state index is 10.7. The Morgan fingerprint density at radius 1 is 1.53 bits per heavy atom. The van der Waals surface area contributed by atoms with Crippen LogP contribution in [-0.2, 0) is 6.54 Å². The topological polar surface area (TPSA) is 72.4 Å². The molecule has 0 spiro atoms. The summed E-state index contributed by atoms with van der Waals surface area (Å²) in [6, 6.07) is 5.04. The SMILES string of the molecule is CCCC1CCN(Cc2ccc([N+](=O)[O-])c(N)c2)C1. The number of likely N-dealkylation sites (tertiary alicyclic amines) is 1. The Labute approximate surface area is 113 Å². The van der Waals surface area contributed by atoms with Crippen molar-refractivity contribution in [2.24, 2.45) is 5.92 Å². The molecule has 1 atom stereocenters. The number of benzene rings is 1. The van der Waals surface area contributed by atoms with Gasteiger partial charge in [-0.05, 0) is 36.9 Å². The summed E-state index contributed by atoms with van der Waals surface area (Å²) in [7, 11) is 0. The Hall–Kier alpha value is -1.62. The first-order valence-corrected chi connectivity index (χ1v) is 6.85. The fourth-order valence-electron chi connectivity index (χ4n) is 2.83. The first-order valence-electron chi connectivity index (χ1n) is 6.85. The fourth-order valence-corrected chi connectivity index (χ4v) is 2.83. The van der Waals surface area contributed by atoms with Crippen LogP contribution in [0, 0.1) is 16.0 Å². The molecule has 0 bridgehead atoms. The Kier molecular flexibility index (Phi) is 4.37. The molecule has 2 N–H and O–H groups in total. The van der Waals surface area contributed by atoms with Gasteiger partial charge in [-0.3, -0.25) is 15.0 Å². The third kappa shape index (κ3) is 3.44. The largest absolute Gasteiger partial charge is 0.393 e. The number of rotatable bonds is 5. The molecule has 0 aromatic heterocycles. The van der Waals surface area contributed by atoms with E-state index in [1.807, 2.05) is 6.07 Å². The molecule has 1 aliphatic rings. The van der Waals surface area contributed by atoms with Crippen LogP contribution in [0.5, 0.6) is 0 Å². The van der Waals surface area contributed by atoms with Gasteiger partial charge >= 0.3 is 0 Å². The number of hydrogen-bond acceptors (Lipinski definition) is 4. The van der Waals surface area contributed by atoms with Crippen molar-refractivity contribution in [3.63, 3.8) is 0 Å². The third-order valence-electron chi connectivity index (χ3n) is 3.76. The molecule has 1 aliphatic heterocycles. The van der Waals surface area contributed by atoms with E-state index < -0.39 is 4.92 Å². The minimum absolute atomic E-state index is 0.00553. The zero-order valence-electron chi connectivity index (χ0n) is 11.3. The van der Waals surface area contributed by atoms with E-state index in [-0.39, 0.29) is 11.4 Å². The van der Waals surface area contributed by atoms with Crippen molar-refractivity contribution in [1.82, 2.24) is 4.90 Å². The van der Waals surface area contributed by atoms with Crippen molar-refractivity contribution < 1.29 is 4.92 Å². The Morgan fingerprint density at radius 3 is 2.95 bits per heavy atom. The van der Waals surface area contributed by atoms with Crippen molar-refractivity contribution in [2.45, 2.75) is 32.7 Å². The standard InChI is InChI=1S/C14H21N3O2/c1-2-3-11-6-7-16(9-11)10-12-4-5-14(17(18)19)13(15)8-12/h4-5,8,11H,2-3,6-7,9-10,15H2,1H3. The van der Waals surface area contributed by atoms with Gasteiger partial charge < -0.3 is 5.73 Å². The maximum Gasteiger partial charge on any atom is 0.292 e. The van der Waals surface area contributed by atoms with Crippen LogP contribution in [0.2, 0.25) is 0 Å². The highest BCUT2D eigenvalue weighted by Crippen LogP contribution is 2.25. The number of nitro groups is 1. The van der Waals surface area contributed by atoms with Crippen LogP contribution >= 0.6 is 0 Å². The molecule has 0 saturated carbocycles. The van der Waals surface area contributed by atoms with Crippen LogP contribution < -0.4 is 5.73 Å². The molecule has 0 aliphatic carbocycles. The Bertz CT molecular complexity index is 462. The molecule has 1 saturated heterocycles. The summed E-state index contributed by atoms with van der Waals surface area (Å²) in [5.74, 6) is 0.806. The number of anilines is 1. The lowest BCUT2D eigenvalue weighted by molar-refractivity contribution is -0.383. The molecule has 0 radical (unpaired) electrons. The second-order valence-electron chi connectivity index (χ2n) is 5.33. The molecule has 1 unspecified atom stereocenters. The molecule has 1 heterocycles. The van der Waals surface area contributed by atoms with E-state index in [1.54, 1.807) is 6.07 Å². The molecule has 1 fully saturated rings. The van der Waals surface area contributed by atoms with E-state index in [0.717, 1.165) is 31.1 Å². The average Bonchev–Trinajstić information content (AvgIpc) is 2.76. The highest BCUT2D eigenvalue weighted by Gasteiger charge is 2.22. The van der Waals surface area contributed by atoms with Crippen LogP contribution in [0.4, 0.5) is 11.4 Å². The van der Waals surface area contributed by atoms with Crippen LogP contribution in [0.25, 0.3) is 0 Å². The van der Waals surface area contributed by atoms with Gasteiger partial charge in [0.2, 0.25) is 0 Å². The van der Waals surface area contributed by atoms with Gasteiger partial charge in [-0.2, -0.15) is 0 Å². The van der Waals surface area contributed by atoms with Crippen molar-refractivity contribution in [1.29, 1.82) is 0 Å². The molecule has 2 rings (SSSR count). The zero-order chi connectivity index (χ0) is 13.8. The third-order valence-corrected chi connectivity index (χ3v) is 3.76. The van der Waals surface area contributed by atoms with Crippen molar-refractivity contribution >= 4 is 11.4 Å². The van der Waals surface area contributed by atoms with Crippen molar-refractivity contribution in [3.05, 3.63) is 33.9 Å². The van der Waals surface area contributed by atoms with Gasteiger partial charge in [-0.1, -0.05) is 19.4 Å². The van der Waals surface area contributed by atoms with Gasteiger partial charge in [-0.25, -0.2) is 0 Å². The van der Waals surface area contributed by atoms with Crippen LogP contribution in [-0.4, -0.2) is 22.9 Å². The highest BCUT2D eigenvalue weighted by atomic mass is 16.6. The summed E-state index contributed by atoms with van der Waals surface area (Å²) in [6.45, 7) is 5.30. The zero-order valence-corrected chi connectivity index (χ0v) is 11.3. The number of nitro benzene ring substituents is 1. The van der Waals surface area contributed by atoms with Crippen LogP contribution in [0.3, 0.4) is 0 Å². The van der Waals surface area contributed by atoms with Crippen LogP contribution in [0.1, 0.15) is 31.7 Å². The van der Waals surface area contributed by atoms with Gasteiger partial charge in [0.25, 0.3) is 5.69 Å². The van der Waals surface area contributed by atoms with Gasteiger partial charge in [-0.15, -0.1) is 0 Å². The molecular weight excluding hydrogens is 242 g/mol. The second-order valence-corrected chi connectivity index (χ2v) is 5.33. The number of nitrogens with zero attached hydrogens (tertiary/aromatic N) is 2. The monoisotopic (exact) mass is 263 g/mol. The molecular formula is C14H21N3O2. The van der Waals surface area contributed by atoms with E-state index in [4.69, 9.17) is 5.73 Å². The minimum atomic E-state index is -0.438. The Balaban J connectivity index is 1.97. The van der Waals surface area contributed by atoms with E-state index >= 15 is 0 Å². The molecule has 19 heavy (non-hydrogen) atoms. The summed E-state index contributed by atoms with van der Waals surface area (Å²) < 4.78 is 0. The lowest BCUT2D eigenvalue weighted by Gasteiger charge is -2.16. The average molecular weight is 263 g/mol. The molecule has 0 amide bonds. The van der Waals surface area contributed by atoms with E-state index in [1.165, 1.54) is 25.3 Å². The quantitative estimate of drug-likeness (QED) is 0.503. The van der Waals surface area contributed by atoms with Gasteiger partial charge in [0.05, 0.1) is 4.92 Å². The lowest BCUT2D eigenvalue weighted by atomic mass is 10.0. The molecule has 5 heteroatoms.